The lowest BCUT2D eigenvalue weighted by atomic mass is 10.2. The molecule has 0 radical (unpaired) electrons. The minimum absolute atomic E-state index is 0.209. The van der Waals surface area contributed by atoms with Gasteiger partial charge < -0.3 is 15.3 Å². The Morgan fingerprint density at radius 3 is 2.84 bits per heavy atom. The number of amides is 2. The zero-order valence-corrected chi connectivity index (χ0v) is 11.3. The van der Waals surface area contributed by atoms with Crippen molar-refractivity contribution in [1.29, 1.82) is 0 Å². The van der Waals surface area contributed by atoms with Gasteiger partial charge in [-0.25, -0.2) is 0 Å². The van der Waals surface area contributed by atoms with Crippen LogP contribution in [0.5, 0.6) is 0 Å². The number of hydrogen-bond acceptors (Lipinski definition) is 3. The highest BCUT2D eigenvalue weighted by atomic mass is 35.5. The third-order valence-corrected chi connectivity index (χ3v) is 3.33. The number of likely N-dealkylation sites (tertiary alicyclic amines) is 1. The lowest BCUT2D eigenvalue weighted by molar-refractivity contribution is -0.142. The van der Waals surface area contributed by atoms with E-state index in [0.29, 0.717) is 23.7 Å². The van der Waals surface area contributed by atoms with Crippen LogP contribution in [0, 0.1) is 6.92 Å². The maximum absolute atomic E-state index is 11.9. The van der Waals surface area contributed by atoms with Crippen molar-refractivity contribution in [3.05, 3.63) is 28.8 Å². The van der Waals surface area contributed by atoms with Crippen LogP contribution in [-0.4, -0.2) is 41.0 Å². The number of aliphatic hydroxyl groups excluding tert-OH is 1. The summed E-state index contributed by atoms with van der Waals surface area (Å²) in [5.41, 5.74) is 1.35. The Morgan fingerprint density at radius 1 is 1.47 bits per heavy atom. The van der Waals surface area contributed by atoms with Gasteiger partial charge in [0.15, 0.2) is 0 Å². The van der Waals surface area contributed by atoms with E-state index >= 15 is 0 Å². The lowest BCUT2D eigenvalue weighted by Gasteiger charge is -2.15. The zero-order valence-electron chi connectivity index (χ0n) is 10.5. The van der Waals surface area contributed by atoms with Gasteiger partial charge >= 0.3 is 11.8 Å². The summed E-state index contributed by atoms with van der Waals surface area (Å²) in [4.78, 5) is 25.1. The lowest BCUT2D eigenvalue weighted by Crippen LogP contribution is -2.38. The van der Waals surface area contributed by atoms with Crippen molar-refractivity contribution in [3.63, 3.8) is 0 Å². The number of aryl methyl sites for hydroxylation is 1. The number of carbonyl (C=O) groups excluding carboxylic acids is 2. The first kappa shape index (κ1) is 13.8. The molecule has 2 N–H and O–H groups in total. The van der Waals surface area contributed by atoms with Gasteiger partial charge in [0.2, 0.25) is 0 Å². The third-order valence-electron chi connectivity index (χ3n) is 3.09. The molecule has 0 unspecified atom stereocenters. The van der Waals surface area contributed by atoms with Crippen molar-refractivity contribution in [1.82, 2.24) is 4.90 Å². The van der Waals surface area contributed by atoms with E-state index in [0.717, 1.165) is 5.56 Å². The smallest absolute Gasteiger partial charge is 0.313 e. The van der Waals surface area contributed by atoms with E-state index in [2.05, 4.69) is 5.32 Å². The zero-order chi connectivity index (χ0) is 14.0. The van der Waals surface area contributed by atoms with Gasteiger partial charge in [-0.2, -0.15) is 0 Å². The van der Waals surface area contributed by atoms with Gasteiger partial charge in [0.05, 0.1) is 6.10 Å². The maximum atomic E-state index is 11.9. The summed E-state index contributed by atoms with van der Waals surface area (Å²) in [6.07, 6.45) is -0.0282. The molecule has 5 nitrogen and oxygen atoms in total. The van der Waals surface area contributed by atoms with Crippen LogP contribution >= 0.6 is 11.6 Å². The number of rotatable bonds is 1. The highest BCUT2D eigenvalue weighted by molar-refractivity contribution is 6.40. The molecule has 0 aromatic heterocycles. The Morgan fingerprint density at radius 2 is 2.21 bits per heavy atom. The first-order valence-electron chi connectivity index (χ1n) is 6.02. The van der Waals surface area contributed by atoms with Crippen LogP contribution in [0.2, 0.25) is 5.02 Å². The number of nitrogens with one attached hydrogen (secondary N) is 1. The number of benzene rings is 1. The summed E-state index contributed by atoms with van der Waals surface area (Å²) in [7, 11) is 0. The minimum atomic E-state index is -0.709. The van der Waals surface area contributed by atoms with Gasteiger partial charge in [0.1, 0.15) is 0 Å². The van der Waals surface area contributed by atoms with Crippen molar-refractivity contribution in [3.8, 4) is 0 Å². The highest BCUT2D eigenvalue weighted by Crippen LogP contribution is 2.20. The van der Waals surface area contributed by atoms with Crippen molar-refractivity contribution >= 4 is 29.1 Å². The molecule has 2 rings (SSSR count). The fraction of sp³-hybridized carbons (Fsp3) is 0.385. The molecule has 0 aliphatic carbocycles. The van der Waals surface area contributed by atoms with E-state index in [1.165, 1.54) is 4.90 Å². The number of carbonyl (C=O) groups is 2. The van der Waals surface area contributed by atoms with E-state index in [4.69, 9.17) is 11.6 Å². The van der Waals surface area contributed by atoms with Crippen LogP contribution < -0.4 is 5.32 Å². The summed E-state index contributed by atoms with van der Waals surface area (Å²) in [5, 5.41) is 12.4. The van der Waals surface area contributed by atoms with Crippen LogP contribution in [0.15, 0.2) is 18.2 Å². The molecule has 1 fully saturated rings. The molecular weight excluding hydrogens is 268 g/mol. The van der Waals surface area contributed by atoms with Crippen molar-refractivity contribution < 1.29 is 14.7 Å². The maximum Gasteiger partial charge on any atom is 0.313 e. The second kappa shape index (κ2) is 5.59. The predicted molar refractivity (Wildman–Crippen MR) is 72.0 cm³/mol. The molecule has 1 heterocycles. The van der Waals surface area contributed by atoms with Gasteiger partial charge in [-0.1, -0.05) is 17.7 Å². The minimum Gasteiger partial charge on any atom is -0.391 e. The number of halogens is 1. The first-order valence-corrected chi connectivity index (χ1v) is 6.39. The molecule has 19 heavy (non-hydrogen) atoms. The molecule has 0 bridgehead atoms. The van der Waals surface area contributed by atoms with Crippen molar-refractivity contribution in [2.24, 2.45) is 0 Å². The molecule has 1 saturated heterocycles. The largest absolute Gasteiger partial charge is 0.391 e. The van der Waals surface area contributed by atoms with Crippen LogP contribution in [0.3, 0.4) is 0 Å². The van der Waals surface area contributed by atoms with Gasteiger partial charge in [0.25, 0.3) is 0 Å². The SMILES string of the molecule is Cc1ccc(Cl)cc1NC(=O)C(=O)N1CC[C@@H](O)C1. The molecule has 0 spiro atoms. The molecule has 6 heteroatoms. The Labute approximate surface area is 116 Å². The van der Waals surface area contributed by atoms with Crippen LogP contribution in [0.4, 0.5) is 5.69 Å². The highest BCUT2D eigenvalue weighted by Gasteiger charge is 2.29. The van der Waals surface area contributed by atoms with Gasteiger partial charge in [-0.15, -0.1) is 0 Å². The number of nitrogens with zero attached hydrogens (tertiary/aromatic N) is 1. The van der Waals surface area contributed by atoms with Crippen LogP contribution in [-0.2, 0) is 9.59 Å². The first-order chi connectivity index (χ1) is 8.97. The van der Waals surface area contributed by atoms with E-state index in [-0.39, 0.29) is 6.54 Å². The fourth-order valence-corrected chi connectivity index (χ4v) is 2.15. The average Bonchev–Trinajstić information content (AvgIpc) is 2.79. The topological polar surface area (TPSA) is 69.6 Å². The Kier molecular flexibility index (Phi) is 4.07. The van der Waals surface area contributed by atoms with Crippen LogP contribution in [0.25, 0.3) is 0 Å². The number of hydrogen-bond donors (Lipinski definition) is 2. The normalized spacial score (nSPS) is 18.5. The quantitative estimate of drug-likeness (QED) is 0.760. The Hall–Kier alpha value is -1.59. The van der Waals surface area contributed by atoms with Crippen molar-refractivity contribution in [2.75, 3.05) is 18.4 Å². The molecule has 1 aliphatic rings. The van der Waals surface area contributed by atoms with E-state index in [1.54, 1.807) is 18.2 Å². The van der Waals surface area contributed by atoms with E-state index in [1.807, 2.05) is 6.92 Å². The Balaban J connectivity index is 2.04. The monoisotopic (exact) mass is 282 g/mol. The third kappa shape index (κ3) is 3.24. The van der Waals surface area contributed by atoms with Gasteiger partial charge in [-0.05, 0) is 31.0 Å². The number of β-amino-alcohol motifs (C(OH)–C–C–N with tert-alkyl or cyclic N) is 1. The fourth-order valence-electron chi connectivity index (χ4n) is 1.97. The van der Waals surface area contributed by atoms with Crippen LogP contribution in [0.1, 0.15) is 12.0 Å². The average molecular weight is 283 g/mol. The second-order valence-electron chi connectivity index (χ2n) is 4.61. The summed E-state index contributed by atoms with van der Waals surface area (Å²) in [5.74, 6) is -1.34. The number of aliphatic hydroxyl groups is 1. The molecule has 2 amide bonds. The molecule has 1 aromatic rings. The summed E-state index contributed by atoms with van der Waals surface area (Å²) >= 11 is 5.85. The summed E-state index contributed by atoms with van der Waals surface area (Å²) < 4.78 is 0. The molecule has 102 valence electrons. The Bertz CT molecular complexity index is 519. The van der Waals surface area contributed by atoms with E-state index in [9.17, 15) is 14.7 Å². The summed E-state index contributed by atoms with van der Waals surface area (Å²) in [6.45, 7) is 2.43. The van der Waals surface area contributed by atoms with Crippen molar-refractivity contribution in [2.45, 2.75) is 19.4 Å². The predicted octanol–water partition coefficient (Wildman–Crippen LogP) is 1.18. The molecular formula is C13H15ClN2O3. The molecule has 1 aliphatic heterocycles. The number of anilines is 1. The second-order valence-corrected chi connectivity index (χ2v) is 5.04. The standard InChI is InChI=1S/C13H15ClN2O3/c1-8-2-3-9(14)6-11(8)15-12(18)13(19)16-5-4-10(17)7-16/h2-3,6,10,17H,4-5,7H2,1H3,(H,15,18)/t10-/m1/s1. The van der Waals surface area contributed by atoms with E-state index < -0.39 is 17.9 Å². The molecule has 1 aromatic carbocycles. The van der Waals surface area contributed by atoms with Gasteiger partial charge in [0, 0.05) is 23.8 Å². The molecule has 0 saturated carbocycles. The van der Waals surface area contributed by atoms with Gasteiger partial charge in [-0.3, -0.25) is 9.59 Å². The molecule has 1 atom stereocenters. The summed E-state index contributed by atoms with van der Waals surface area (Å²) in [6, 6.07) is 5.08.